The molecule has 1 aliphatic rings. The lowest BCUT2D eigenvalue weighted by Crippen LogP contribution is -2.48. The van der Waals surface area contributed by atoms with Gasteiger partial charge in [-0.2, -0.15) is 4.31 Å². The van der Waals surface area contributed by atoms with E-state index in [1.165, 1.54) is 22.5 Å². The number of hydrogen-bond acceptors (Lipinski definition) is 3. The van der Waals surface area contributed by atoms with Gasteiger partial charge in [0.15, 0.2) is 0 Å². The van der Waals surface area contributed by atoms with Crippen LogP contribution in [0.25, 0.3) is 0 Å². The Morgan fingerprint density at radius 3 is 2.23 bits per heavy atom. The minimum atomic E-state index is -3.57. The van der Waals surface area contributed by atoms with Gasteiger partial charge in [-0.25, -0.2) is 17.2 Å². The van der Waals surface area contributed by atoms with Gasteiger partial charge in [0.05, 0.1) is 4.90 Å². The third kappa shape index (κ3) is 4.66. The third-order valence-corrected chi connectivity index (χ3v) is 6.52. The first-order valence-corrected chi connectivity index (χ1v) is 10.1. The van der Waals surface area contributed by atoms with Crippen molar-refractivity contribution in [2.45, 2.75) is 17.7 Å². The fourth-order valence-corrected chi connectivity index (χ4v) is 4.57. The third-order valence-electron chi connectivity index (χ3n) is 4.61. The Morgan fingerprint density at radius 2 is 1.58 bits per heavy atom. The van der Waals surface area contributed by atoms with E-state index in [9.17, 15) is 17.2 Å². The lowest BCUT2D eigenvalue weighted by molar-refractivity contribution is 0.187. The molecule has 0 radical (unpaired) electrons. The summed E-state index contributed by atoms with van der Waals surface area (Å²) in [5, 5.41) is 0. The smallest absolute Gasteiger partial charge is 0.243 e. The van der Waals surface area contributed by atoms with Crippen molar-refractivity contribution in [1.29, 1.82) is 0 Å². The topological polar surface area (TPSA) is 40.6 Å². The van der Waals surface area contributed by atoms with Gasteiger partial charge < -0.3 is 4.90 Å². The first kappa shape index (κ1) is 18.9. The van der Waals surface area contributed by atoms with Crippen molar-refractivity contribution in [3.05, 3.63) is 65.7 Å². The summed E-state index contributed by atoms with van der Waals surface area (Å²) < 4.78 is 52.8. The van der Waals surface area contributed by atoms with E-state index in [0.717, 1.165) is 37.1 Å². The number of aryl methyl sites for hydroxylation is 1. The van der Waals surface area contributed by atoms with Crippen molar-refractivity contribution in [2.75, 3.05) is 32.7 Å². The van der Waals surface area contributed by atoms with Crippen molar-refractivity contribution in [3.63, 3.8) is 0 Å². The zero-order chi connectivity index (χ0) is 18.6. The highest BCUT2D eigenvalue weighted by Crippen LogP contribution is 2.18. The number of nitrogens with zero attached hydrogens (tertiary/aromatic N) is 2. The summed E-state index contributed by atoms with van der Waals surface area (Å²) in [5.74, 6) is -0.672. The van der Waals surface area contributed by atoms with Crippen molar-refractivity contribution in [2.24, 2.45) is 0 Å². The minimum absolute atomic E-state index is 0.124. The van der Waals surface area contributed by atoms with Gasteiger partial charge >= 0.3 is 0 Å². The highest BCUT2D eigenvalue weighted by atomic mass is 32.2. The molecule has 1 aliphatic heterocycles. The maximum atomic E-state index is 13.2. The molecule has 3 rings (SSSR count). The van der Waals surface area contributed by atoms with Crippen LogP contribution in [0.4, 0.5) is 8.78 Å². The van der Waals surface area contributed by atoms with Crippen LogP contribution in [0.3, 0.4) is 0 Å². The molecule has 0 N–H and O–H groups in total. The molecule has 0 amide bonds. The van der Waals surface area contributed by atoms with E-state index in [2.05, 4.69) is 4.90 Å². The largest absolute Gasteiger partial charge is 0.301 e. The summed E-state index contributed by atoms with van der Waals surface area (Å²) in [7, 11) is -3.57. The van der Waals surface area contributed by atoms with Gasteiger partial charge in [-0.15, -0.1) is 0 Å². The van der Waals surface area contributed by atoms with E-state index in [1.807, 2.05) is 6.07 Å². The SMILES string of the molecule is O=S(=O)(c1ccc(F)cc1)N1CCN(CCCc2cccc(F)c2)CC1. The second-order valence-corrected chi connectivity index (χ2v) is 8.37. The Morgan fingerprint density at radius 1 is 0.885 bits per heavy atom. The standard InChI is InChI=1S/C19H22F2N2O2S/c20-17-6-8-19(9-7-17)26(24,25)23-13-11-22(12-14-23)10-2-4-16-3-1-5-18(21)15-16/h1,3,5-9,15H,2,4,10-14H2. The lowest BCUT2D eigenvalue weighted by atomic mass is 10.1. The van der Waals surface area contributed by atoms with E-state index in [0.29, 0.717) is 26.2 Å². The van der Waals surface area contributed by atoms with Crippen molar-refractivity contribution in [1.82, 2.24) is 9.21 Å². The van der Waals surface area contributed by atoms with Gasteiger partial charge in [-0.1, -0.05) is 12.1 Å². The van der Waals surface area contributed by atoms with E-state index in [-0.39, 0.29) is 10.7 Å². The van der Waals surface area contributed by atoms with Crippen LogP contribution in [0.15, 0.2) is 53.4 Å². The number of piperazine rings is 1. The van der Waals surface area contributed by atoms with Gasteiger partial charge in [0.25, 0.3) is 0 Å². The second-order valence-electron chi connectivity index (χ2n) is 6.43. The van der Waals surface area contributed by atoms with Crippen LogP contribution in [0, 0.1) is 11.6 Å². The van der Waals surface area contributed by atoms with Crippen molar-refractivity contribution in [3.8, 4) is 0 Å². The second kappa shape index (κ2) is 8.24. The molecule has 140 valence electrons. The average Bonchev–Trinajstić information content (AvgIpc) is 2.63. The van der Waals surface area contributed by atoms with Gasteiger partial charge in [0.1, 0.15) is 11.6 Å². The minimum Gasteiger partial charge on any atom is -0.301 e. The fraction of sp³-hybridized carbons (Fsp3) is 0.368. The summed E-state index contributed by atoms with van der Waals surface area (Å²) >= 11 is 0. The molecule has 1 saturated heterocycles. The van der Waals surface area contributed by atoms with Crippen LogP contribution in [0.5, 0.6) is 0 Å². The molecule has 1 heterocycles. The Bertz CT molecular complexity index is 833. The summed E-state index contributed by atoms with van der Waals surface area (Å²) in [4.78, 5) is 2.34. The number of hydrogen-bond donors (Lipinski definition) is 0. The number of rotatable bonds is 6. The average molecular weight is 380 g/mol. The molecular weight excluding hydrogens is 358 g/mol. The molecule has 26 heavy (non-hydrogen) atoms. The van der Waals surface area contributed by atoms with Crippen LogP contribution in [-0.4, -0.2) is 50.3 Å². The highest BCUT2D eigenvalue weighted by molar-refractivity contribution is 7.89. The molecule has 4 nitrogen and oxygen atoms in total. The predicted octanol–water partition coefficient (Wildman–Crippen LogP) is 2.90. The number of benzene rings is 2. The van der Waals surface area contributed by atoms with Gasteiger partial charge in [0.2, 0.25) is 10.0 Å². The van der Waals surface area contributed by atoms with Crippen LogP contribution >= 0.6 is 0 Å². The summed E-state index contributed by atoms with van der Waals surface area (Å²) in [6.07, 6.45) is 1.69. The van der Waals surface area contributed by atoms with Gasteiger partial charge in [0, 0.05) is 26.2 Å². The van der Waals surface area contributed by atoms with E-state index in [4.69, 9.17) is 0 Å². The van der Waals surface area contributed by atoms with E-state index < -0.39 is 15.8 Å². The van der Waals surface area contributed by atoms with Crippen molar-refractivity contribution < 1.29 is 17.2 Å². The molecule has 2 aromatic carbocycles. The number of halogens is 2. The highest BCUT2D eigenvalue weighted by Gasteiger charge is 2.28. The maximum Gasteiger partial charge on any atom is 0.243 e. The molecule has 0 aliphatic carbocycles. The van der Waals surface area contributed by atoms with Crippen LogP contribution in [-0.2, 0) is 16.4 Å². The van der Waals surface area contributed by atoms with Gasteiger partial charge in [-0.05, 0) is 61.3 Å². The van der Waals surface area contributed by atoms with E-state index >= 15 is 0 Å². The molecule has 0 aromatic heterocycles. The summed E-state index contributed by atoms with van der Waals surface area (Å²) in [6.45, 7) is 2.99. The maximum absolute atomic E-state index is 13.2. The summed E-state index contributed by atoms with van der Waals surface area (Å²) in [6, 6.07) is 11.5. The molecule has 7 heteroatoms. The molecular formula is C19H22F2N2O2S. The first-order chi connectivity index (χ1) is 12.4. The van der Waals surface area contributed by atoms with Crippen LogP contribution in [0.2, 0.25) is 0 Å². The monoisotopic (exact) mass is 380 g/mol. The van der Waals surface area contributed by atoms with Crippen LogP contribution < -0.4 is 0 Å². The van der Waals surface area contributed by atoms with Crippen molar-refractivity contribution >= 4 is 10.0 Å². The summed E-state index contributed by atoms with van der Waals surface area (Å²) in [5.41, 5.74) is 0.975. The zero-order valence-electron chi connectivity index (χ0n) is 14.4. The molecule has 1 fully saturated rings. The molecule has 0 bridgehead atoms. The zero-order valence-corrected chi connectivity index (χ0v) is 15.3. The molecule has 0 atom stereocenters. The molecule has 0 unspecified atom stereocenters. The van der Waals surface area contributed by atoms with E-state index in [1.54, 1.807) is 12.1 Å². The quantitative estimate of drug-likeness (QED) is 0.774. The Labute approximate surface area is 153 Å². The Hall–Kier alpha value is -1.83. The predicted molar refractivity (Wildman–Crippen MR) is 96.3 cm³/mol. The fourth-order valence-electron chi connectivity index (χ4n) is 3.15. The number of sulfonamides is 1. The van der Waals surface area contributed by atoms with Gasteiger partial charge in [-0.3, -0.25) is 0 Å². The normalized spacial score (nSPS) is 16.7. The van der Waals surface area contributed by atoms with Crippen LogP contribution in [0.1, 0.15) is 12.0 Å². The Kier molecular flexibility index (Phi) is 6.01. The first-order valence-electron chi connectivity index (χ1n) is 8.68. The molecule has 2 aromatic rings. The molecule has 0 saturated carbocycles. The Balaban J connectivity index is 1.48. The lowest BCUT2D eigenvalue weighted by Gasteiger charge is -2.34. The molecule has 0 spiro atoms.